The van der Waals surface area contributed by atoms with Crippen LogP contribution in [-0.4, -0.2) is 23.6 Å². The topological polar surface area (TPSA) is 55.6 Å². The SMILES string of the molecule is CCCC[C@@H](N)COC(=O)N(Cc1cccs1)Cc1cccs1. The monoisotopic (exact) mass is 352 g/mol. The van der Waals surface area contributed by atoms with Gasteiger partial charge in [-0.3, -0.25) is 4.90 Å². The first-order valence-corrected chi connectivity index (χ1v) is 9.67. The van der Waals surface area contributed by atoms with Crippen LogP contribution in [0.3, 0.4) is 0 Å². The lowest BCUT2D eigenvalue weighted by atomic mass is 10.1. The number of unbranched alkanes of at least 4 members (excludes halogenated alkanes) is 1. The number of carbonyl (C=O) groups excluding carboxylic acids is 1. The second-order valence-electron chi connectivity index (χ2n) is 5.49. The lowest BCUT2D eigenvalue weighted by Gasteiger charge is -2.22. The molecule has 0 bridgehead atoms. The van der Waals surface area contributed by atoms with E-state index in [0.717, 1.165) is 29.0 Å². The van der Waals surface area contributed by atoms with Crippen LogP contribution in [0.2, 0.25) is 0 Å². The zero-order chi connectivity index (χ0) is 16.5. The maximum atomic E-state index is 12.4. The molecule has 2 N–H and O–H groups in total. The Bertz CT molecular complexity index is 519. The first-order chi connectivity index (χ1) is 11.2. The number of ether oxygens (including phenoxy) is 1. The summed E-state index contributed by atoms with van der Waals surface area (Å²) in [4.78, 5) is 16.5. The lowest BCUT2D eigenvalue weighted by Crippen LogP contribution is -2.34. The molecule has 2 aromatic rings. The van der Waals surface area contributed by atoms with Gasteiger partial charge in [-0.2, -0.15) is 0 Å². The fourth-order valence-electron chi connectivity index (χ4n) is 2.19. The molecule has 2 rings (SSSR count). The average molecular weight is 353 g/mol. The van der Waals surface area contributed by atoms with E-state index in [0.29, 0.717) is 13.1 Å². The smallest absolute Gasteiger partial charge is 0.410 e. The zero-order valence-electron chi connectivity index (χ0n) is 13.4. The first kappa shape index (κ1) is 18.0. The molecule has 126 valence electrons. The largest absolute Gasteiger partial charge is 0.448 e. The quantitative estimate of drug-likeness (QED) is 0.724. The van der Waals surface area contributed by atoms with E-state index in [9.17, 15) is 4.79 Å². The minimum Gasteiger partial charge on any atom is -0.448 e. The van der Waals surface area contributed by atoms with Gasteiger partial charge < -0.3 is 10.5 Å². The summed E-state index contributed by atoms with van der Waals surface area (Å²) < 4.78 is 5.43. The van der Waals surface area contributed by atoms with E-state index in [4.69, 9.17) is 10.5 Å². The Morgan fingerprint density at radius 3 is 2.30 bits per heavy atom. The van der Waals surface area contributed by atoms with Gasteiger partial charge in [0.2, 0.25) is 0 Å². The number of hydrogen-bond donors (Lipinski definition) is 1. The van der Waals surface area contributed by atoms with E-state index in [2.05, 4.69) is 6.92 Å². The Morgan fingerprint density at radius 1 is 1.22 bits per heavy atom. The molecule has 0 spiro atoms. The van der Waals surface area contributed by atoms with Crippen LogP contribution in [0.1, 0.15) is 35.9 Å². The molecule has 0 saturated carbocycles. The number of carbonyl (C=O) groups is 1. The molecule has 2 aromatic heterocycles. The second kappa shape index (κ2) is 9.70. The Labute approximate surface area is 145 Å². The van der Waals surface area contributed by atoms with Gasteiger partial charge in [-0.1, -0.05) is 31.9 Å². The van der Waals surface area contributed by atoms with Crippen LogP contribution >= 0.6 is 22.7 Å². The van der Waals surface area contributed by atoms with Gasteiger partial charge in [0.15, 0.2) is 0 Å². The molecule has 0 fully saturated rings. The van der Waals surface area contributed by atoms with Crippen LogP contribution < -0.4 is 5.73 Å². The number of nitrogens with two attached hydrogens (primary N) is 1. The maximum absolute atomic E-state index is 12.4. The molecule has 2 heterocycles. The number of thiophene rings is 2. The van der Waals surface area contributed by atoms with Crippen molar-refractivity contribution in [2.75, 3.05) is 6.61 Å². The van der Waals surface area contributed by atoms with E-state index in [-0.39, 0.29) is 18.7 Å². The fraction of sp³-hybridized carbons (Fsp3) is 0.471. The number of hydrogen-bond acceptors (Lipinski definition) is 5. The summed E-state index contributed by atoms with van der Waals surface area (Å²) in [6.45, 7) is 3.55. The molecule has 6 heteroatoms. The first-order valence-electron chi connectivity index (χ1n) is 7.91. The normalized spacial score (nSPS) is 12.1. The van der Waals surface area contributed by atoms with Crippen molar-refractivity contribution in [1.29, 1.82) is 0 Å². The van der Waals surface area contributed by atoms with Crippen LogP contribution in [0.4, 0.5) is 4.79 Å². The summed E-state index contributed by atoms with van der Waals surface area (Å²) in [5.74, 6) is 0. The van der Waals surface area contributed by atoms with Crippen molar-refractivity contribution < 1.29 is 9.53 Å². The molecule has 23 heavy (non-hydrogen) atoms. The summed E-state index contributed by atoms with van der Waals surface area (Å²) in [5, 5.41) is 4.04. The molecular formula is C17H24N2O2S2. The molecular weight excluding hydrogens is 328 g/mol. The molecule has 0 radical (unpaired) electrons. The molecule has 0 aliphatic carbocycles. The van der Waals surface area contributed by atoms with Crippen LogP contribution in [0.25, 0.3) is 0 Å². The molecule has 0 aliphatic rings. The van der Waals surface area contributed by atoms with Gasteiger partial charge in [0, 0.05) is 15.8 Å². The highest BCUT2D eigenvalue weighted by Gasteiger charge is 2.18. The average Bonchev–Trinajstić information content (AvgIpc) is 3.23. The van der Waals surface area contributed by atoms with Crippen molar-refractivity contribution in [3.8, 4) is 0 Å². The van der Waals surface area contributed by atoms with Crippen molar-refractivity contribution in [2.45, 2.75) is 45.3 Å². The van der Waals surface area contributed by atoms with Gasteiger partial charge in [-0.05, 0) is 29.3 Å². The predicted octanol–water partition coefficient (Wildman–Crippen LogP) is 4.47. The van der Waals surface area contributed by atoms with Crippen LogP contribution in [0, 0.1) is 0 Å². The number of rotatable bonds is 9. The molecule has 1 amide bonds. The second-order valence-corrected chi connectivity index (χ2v) is 7.56. The number of amides is 1. The Morgan fingerprint density at radius 2 is 1.83 bits per heavy atom. The highest BCUT2D eigenvalue weighted by atomic mass is 32.1. The van der Waals surface area contributed by atoms with Gasteiger partial charge in [-0.15, -0.1) is 22.7 Å². The molecule has 0 saturated heterocycles. The van der Waals surface area contributed by atoms with Gasteiger partial charge in [-0.25, -0.2) is 4.79 Å². The van der Waals surface area contributed by atoms with Crippen LogP contribution in [0.5, 0.6) is 0 Å². The molecule has 0 unspecified atom stereocenters. The van der Waals surface area contributed by atoms with Crippen molar-refractivity contribution in [1.82, 2.24) is 4.90 Å². The third kappa shape index (κ3) is 6.33. The Balaban J connectivity index is 1.90. The molecule has 0 aliphatic heterocycles. The Hall–Kier alpha value is -1.37. The van der Waals surface area contributed by atoms with Gasteiger partial charge in [0.25, 0.3) is 0 Å². The summed E-state index contributed by atoms with van der Waals surface area (Å²) >= 11 is 3.29. The van der Waals surface area contributed by atoms with Crippen LogP contribution in [0.15, 0.2) is 35.0 Å². The van der Waals surface area contributed by atoms with E-state index in [1.165, 1.54) is 0 Å². The third-order valence-electron chi connectivity index (χ3n) is 3.46. The van der Waals surface area contributed by atoms with Crippen molar-refractivity contribution in [2.24, 2.45) is 5.73 Å². The highest BCUT2D eigenvalue weighted by molar-refractivity contribution is 7.10. The van der Waals surface area contributed by atoms with Gasteiger partial charge in [0.1, 0.15) is 6.61 Å². The zero-order valence-corrected chi connectivity index (χ0v) is 15.1. The minimum absolute atomic E-state index is 0.0794. The standard InChI is InChI=1S/C17H24N2O2S2/c1-2-3-6-14(18)13-21-17(20)19(11-15-7-4-9-22-15)12-16-8-5-10-23-16/h4-5,7-10,14H,2-3,6,11-13,18H2,1H3/t14-/m1/s1. The van der Waals surface area contributed by atoms with E-state index in [1.54, 1.807) is 27.6 Å². The molecule has 1 atom stereocenters. The van der Waals surface area contributed by atoms with Crippen molar-refractivity contribution >= 4 is 28.8 Å². The Kier molecular flexibility index (Phi) is 7.58. The molecule has 4 nitrogen and oxygen atoms in total. The van der Waals surface area contributed by atoms with E-state index in [1.807, 2.05) is 35.0 Å². The fourth-order valence-corrected chi connectivity index (χ4v) is 3.62. The summed E-state index contributed by atoms with van der Waals surface area (Å²) in [5.41, 5.74) is 5.99. The summed E-state index contributed by atoms with van der Waals surface area (Å²) in [7, 11) is 0. The van der Waals surface area contributed by atoms with E-state index < -0.39 is 0 Å². The van der Waals surface area contributed by atoms with Gasteiger partial charge in [0.05, 0.1) is 13.1 Å². The lowest BCUT2D eigenvalue weighted by molar-refractivity contribution is 0.0914. The maximum Gasteiger partial charge on any atom is 0.410 e. The van der Waals surface area contributed by atoms with Crippen molar-refractivity contribution in [3.05, 3.63) is 44.8 Å². The van der Waals surface area contributed by atoms with Gasteiger partial charge >= 0.3 is 6.09 Å². The minimum atomic E-state index is -0.293. The third-order valence-corrected chi connectivity index (χ3v) is 5.18. The predicted molar refractivity (Wildman–Crippen MR) is 96.7 cm³/mol. The summed E-state index contributed by atoms with van der Waals surface area (Å²) in [6.07, 6.45) is 2.76. The van der Waals surface area contributed by atoms with Crippen LogP contribution in [-0.2, 0) is 17.8 Å². The van der Waals surface area contributed by atoms with Crippen molar-refractivity contribution in [3.63, 3.8) is 0 Å². The molecule has 0 aromatic carbocycles. The highest BCUT2D eigenvalue weighted by Crippen LogP contribution is 2.18. The number of nitrogens with zero attached hydrogens (tertiary/aromatic N) is 1. The summed E-state index contributed by atoms with van der Waals surface area (Å²) in [6, 6.07) is 7.98. The van der Waals surface area contributed by atoms with E-state index >= 15 is 0 Å².